The summed E-state index contributed by atoms with van der Waals surface area (Å²) in [5.74, 6) is -1.06. The van der Waals surface area contributed by atoms with Crippen molar-refractivity contribution in [2.24, 2.45) is 5.73 Å². The number of piperidine rings is 1. The van der Waals surface area contributed by atoms with Gasteiger partial charge in [-0.05, 0) is 37.1 Å². The number of benzene rings is 1. The minimum Gasteiger partial charge on any atom is -0.329 e. The van der Waals surface area contributed by atoms with Gasteiger partial charge in [-0.2, -0.15) is 0 Å². The first-order chi connectivity index (χ1) is 10.2. The van der Waals surface area contributed by atoms with Gasteiger partial charge in [0.1, 0.15) is 11.6 Å². The number of nitrogens with two attached hydrogens (primary N) is 1. The van der Waals surface area contributed by atoms with E-state index in [1.54, 1.807) is 0 Å². The van der Waals surface area contributed by atoms with Crippen molar-refractivity contribution in [2.45, 2.75) is 31.3 Å². The van der Waals surface area contributed by atoms with Gasteiger partial charge in [-0.1, -0.05) is 6.42 Å². The lowest BCUT2D eigenvalue weighted by Gasteiger charge is -2.46. The third-order valence-electron chi connectivity index (χ3n) is 4.80. The molecule has 3 nitrogen and oxygen atoms in total. The van der Waals surface area contributed by atoms with E-state index < -0.39 is 11.6 Å². The summed E-state index contributed by atoms with van der Waals surface area (Å²) in [6.45, 7) is 4.45. The van der Waals surface area contributed by atoms with Gasteiger partial charge in [-0.15, -0.1) is 0 Å². The molecule has 2 aliphatic rings. The molecule has 0 bridgehead atoms. The van der Waals surface area contributed by atoms with Gasteiger partial charge in [0.15, 0.2) is 0 Å². The number of hydrogen-bond acceptors (Lipinski definition) is 3. The average Bonchev–Trinajstić information content (AvgIpc) is 2.47. The molecule has 1 aromatic carbocycles. The highest BCUT2D eigenvalue weighted by Gasteiger charge is 2.32. The maximum Gasteiger partial charge on any atom is 0.126 e. The smallest absolute Gasteiger partial charge is 0.126 e. The van der Waals surface area contributed by atoms with Crippen molar-refractivity contribution in [3.05, 3.63) is 35.4 Å². The highest BCUT2D eigenvalue weighted by Crippen LogP contribution is 2.28. The van der Waals surface area contributed by atoms with E-state index in [2.05, 4.69) is 9.80 Å². The zero-order valence-electron chi connectivity index (χ0n) is 12.3. The molecule has 2 fully saturated rings. The second-order valence-electron chi connectivity index (χ2n) is 6.13. The van der Waals surface area contributed by atoms with E-state index in [9.17, 15) is 8.78 Å². The van der Waals surface area contributed by atoms with E-state index in [1.165, 1.54) is 37.9 Å². The van der Waals surface area contributed by atoms with Gasteiger partial charge >= 0.3 is 0 Å². The van der Waals surface area contributed by atoms with Crippen LogP contribution in [0.4, 0.5) is 8.78 Å². The molecule has 0 aromatic heterocycles. The first-order valence-corrected chi connectivity index (χ1v) is 7.81. The van der Waals surface area contributed by atoms with Crippen molar-refractivity contribution >= 4 is 0 Å². The Labute approximate surface area is 124 Å². The molecule has 5 heteroatoms. The van der Waals surface area contributed by atoms with E-state index in [0.717, 1.165) is 25.7 Å². The lowest BCUT2D eigenvalue weighted by Crippen LogP contribution is -2.56. The van der Waals surface area contributed by atoms with Crippen LogP contribution in [0.25, 0.3) is 0 Å². The standard InChI is InChI=1S/C16H23F2N3/c17-13-7-12(8-14(18)9-13)16(10-19)21-6-5-20-4-2-1-3-15(20)11-21/h7-9,15-16H,1-6,10-11,19H2. The minimum absolute atomic E-state index is 0.0979. The Morgan fingerprint density at radius 2 is 1.86 bits per heavy atom. The molecule has 2 N–H and O–H groups in total. The Kier molecular flexibility index (Phi) is 4.52. The first-order valence-electron chi connectivity index (χ1n) is 7.81. The predicted molar refractivity (Wildman–Crippen MR) is 78.9 cm³/mol. The number of halogens is 2. The Hall–Kier alpha value is -1.04. The van der Waals surface area contributed by atoms with Gasteiger partial charge in [-0.25, -0.2) is 8.78 Å². The lowest BCUT2D eigenvalue weighted by molar-refractivity contribution is 0.0285. The molecule has 0 radical (unpaired) electrons. The molecular formula is C16H23F2N3. The maximum atomic E-state index is 13.5. The van der Waals surface area contributed by atoms with E-state index >= 15 is 0 Å². The topological polar surface area (TPSA) is 32.5 Å². The van der Waals surface area contributed by atoms with Crippen LogP contribution in [0.5, 0.6) is 0 Å². The summed E-state index contributed by atoms with van der Waals surface area (Å²) in [6.07, 6.45) is 3.77. The predicted octanol–water partition coefficient (Wildman–Crippen LogP) is 2.13. The molecule has 0 spiro atoms. The second-order valence-corrected chi connectivity index (χ2v) is 6.13. The number of piperazine rings is 1. The van der Waals surface area contributed by atoms with Crippen molar-refractivity contribution in [2.75, 3.05) is 32.7 Å². The number of hydrogen-bond donors (Lipinski definition) is 1. The normalized spacial score (nSPS) is 25.6. The van der Waals surface area contributed by atoms with Crippen LogP contribution in [-0.4, -0.2) is 48.6 Å². The molecule has 2 saturated heterocycles. The third kappa shape index (κ3) is 3.25. The molecule has 116 valence electrons. The van der Waals surface area contributed by atoms with Gasteiger partial charge in [0.05, 0.1) is 0 Å². The summed E-state index contributed by atoms with van der Waals surface area (Å²) < 4.78 is 26.9. The number of nitrogens with zero attached hydrogens (tertiary/aromatic N) is 2. The van der Waals surface area contributed by atoms with E-state index in [1.807, 2.05) is 0 Å². The van der Waals surface area contributed by atoms with Crippen LogP contribution < -0.4 is 5.73 Å². The summed E-state index contributed by atoms with van der Waals surface area (Å²) in [5.41, 5.74) is 6.56. The van der Waals surface area contributed by atoms with Crippen LogP contribution in [0.1, 0.15) is 30.9 Å². The van der Waals surface area contributed by atoms with Gasteiger partial charge in [-0.3, -0.25) is 9.80 Å². The highest BCUT2D eigenvalue weighted by molar-refractivity contribution is 5.22. The molecule has 3 rings (SSSR count). The quantitative estimate of drug-likeness (QED) is 0.927. The molecule has 2 aliphatic heterocycles. The lowest BCUT2D eigenvalue weighted by atomic mass is 9.96. The van der Waals surface area contributed by atoms with Crippen molar-refractivity contribution in [3.63, 3.8) is 0 Å². The molecular weight excluding hydrogens is 272 g/mol. The highest BCUT2D eigenvalue weighted by atomic mass is 19.1. The third-order valence-corrected chi connectivity index (χ3v) is 4.80. The molecule has 0 saturated carbocycles. The zero-order chi connectivity index (χ0) is 14.8. The van der Waals surface area contributed by atoms with Gasteiger partial charge in [0.25, 0.3) is 0 Å². The Bertz CT molecular complexity index is 474. The van der Waals surface area contributed by atoms with Crippen molar-refractivity contribution < 1.29 is 8.78 Å². The van der Waals surface area contributed by atoms with Crippen molar-refractivity contribution in [1.82, 2.24) is 9.80 Å². The van der Waals surface area contributed by atoms with Gasteiger partial charge in [0, 0.05) is 44.3 Å². The Morgan fingerprint density at radius 3 is 2.57 bits per heavy atom. The summed E-state index contributed by atoms with van der Waals surface area (Å²) in [7, 11) is 0. The van der Waals surface area contributed by atoms with Crippen molar-refractivity contribution in [3.8, 4) is 0 Å². The fraction of sp³-hybridized carbons (Fsp3) is 0.625. The van der Waals surface area contributed by atoms with Gasteiger partial charge < -0.3 is 5.73 Å². The van der Waals surface area contributed by atoms with Gasteiger partial charge in [0.2, 0.25) is 0 Å². The fourth-order valence-corrected chi connectivity index (χ4v) is 3.73. The van der Waals surface area contributed by atoms with Crippen LogP contribution in [0.15, 0.2) is 18.2 Å². The Morgan fingerprint density at radius 1 is 1.10 bits per heavy atom. The largest absolute Gasteiger partial charge is 0.329 e. The Balaban J connectivity index is 1.76. The van der Waals surface area contributed by atoms with Crippen LogP contribution >= 0.6 is 0 Å². The molecule has 0 aliphatic carbocycles. The molecule has 2 unspecified atom stereocenters. The fourth-order valence-electron chi connectivity index (χ4n) is 3.73. The summed E-state index contributed by atoms with van der Waals surface area (Å²) in [5, 5.41) is 0. The van der Waals surface area contributed by atoms with Crippen LogP contribution in [0, 0.1) is 11.6 Å². The number of rotatable bonds is 3. The first kappa shape index (κ1) is 14.9. The maximum absolute atomic E-state index is 13.5. The zero-order valence-corrected chi connectivity index (χ0v) is 12.3. The van der Waals surface area contributed by atoms with Crippen LogP contribution in [-0.2, 0) is 0 Å². The monoisotopic (exact) mass is 295 g/mol. The van der Waals surface area contributed by atoms with E-state index in [0.29, 0.717) is 18.2 Å². The number of fused-ring (bicyclic) bond motifs is 1. The van der Waals surface area contributed by atoms with E-state index in [-0.39, 0.29) is 6.04 Å². The molecule has 2 atom stereocenters. The molecule has 0 amide bonds. The average molecular weight is 295 g/mol. The molecule has 21 heavy (non-hydrogen) atoms. The SMILES string of the molecule is NCC(c1cc(F)cc(F)c1)N1CCN2CCCCC2C1. The molecule has 2 heterocycles. The van der Waals surface area contributed by atoms with E-state index in [4.69, 9.17) is 5.73 Å². The minimum atomic E-state index is -0.528. The second kappa shape index (κ2) is 6.38. The molecule has 1 aromatic rings. The van der Waals surface area contributed by atoms with Crippen LogP contribution in [0.3, 0.4) is 0 Å². The van der Waals surface area contributed by atoms with Crippen LogP contribution in [0.2, 0.25) is 0 Å². The summed E-state index contributed by atoms with van der Waals surface area (Å²) >= 11 is 0. The summed E-state index contributed by atoms with van der Waals surface area (Å²) in [6, 6.07) is 4.21. The van der Waals surface area contributed by atoms with Crippen molar-refractivity contribution in [1.29, 1.82) is 0 Å². The summed E-state index contributed by atoms with van der Waals surface area (Å²) in [4.78, 5) is 4.83.